The molecule has 0 aliphatic carbocycles. The fourth-order valence-corrected chi connectivity index (χ4v) is 4.31. The quantitative estimate of drug-likeness (QED) is 0.879. The average Bonchev–Trinajstić information content (AvgIpc) is 3.18. The van der Waals surface area contributed by atoms with Gasteiger partial charge in [-0.25, -0.2) is 0 Å². The number of carboxylic acid groups (broad SMARTS) is 1. The van der Waals surface area contributed by atoms with Crippen LogP contribution in [0.4, 0.5) is 0 Å². The van der Waals surface area contributed by atoms with Gasteiger partial charge in [-0.15, -0.1) is 0 Å². The van der Waals surface area contributed by atoms with Gasteiger partial charge >= 0.3 is 5.97 Å². The molecule has 0 radical (unpaired) electrons. The molecule has 1 aromatic carbocycles. The summed E-state index contributed by atoms with van der Waals surface area (Å²) in [6, 6.07) is 9.36. The normalized spacial score (nSPS) is 23.7. The molecule has 7 nitrogen and oxygen atoms in total. The Morgan fingerprint density at radius 1 is 1.32 bits per heavy atom. The number of nitrogens with zero attached hydrogens (tertiary/aromatic N) is 3. The second kappa shape index (κ2) is 6.65. The highest BCUT2D eigenvalue weighted by atomic mass is 16.5. The molecule has 3 heterocycles. The number of aliphatic carboxylic acids is 1. The average molecular weight is 383 g/mol. The second-order valence-corrected chi connectivity index (χ2v) is 8.17. The third-order valence-corrected chi connectivity index (χ3v) is 6.04. The van der Waals surface area contributed by atoms with Gasteiger partial charge in [0.1, 0.15) is 11.4 Å². The number of para-hydroxylation sites is 1. The number of ether oxygens (including phenoxy) is 1. The minimum Gasteiger partial charge on any atom is -0.493 e. The summed E-state index contributed by atoms with van der Waals surface area (Å²) in [6.07, 6.45) is 0.357. The van der Waals surface area contributed by atoms with E-state index in [1.54, 1.807) is 22.7 Å². The zero-order valence-electron chi connectivity index (χ0n) is 16.4. The van der Waals surface area contributed by atoms with Crippen molar-refractivity contribution in [1.29, 1.82) is 0 Å². The summed E-state index contributed by atoms with van der Waals surface area (Å²) in [7, 11) is 1.75. The Morgan fingerprint density at radius 3 is 2.75 bits per heavy atom. The molecule has 2 aliphatic rings. The molecule has 2 atom stereocenters. The van der Waals surface area contributed by atoms with E-state index >= 15 is 0 Å². The lowest BCUT2D eigenvalue weighted by molar-refractivity contribution is -0.150. The largest absolute Gasteiger partial charge is 0.493 e. The number of fused-ring (bicyclic) bond motifs is 2. The molecule has 4 rings (SSSR count). The van der Waals surface area contributed by atoms with Crippen molar-refractivity contribution in [3.05, 3.63) is 47.3 Å². The van der Waals surface area contributed by atoms with Crippen LogP contribution < -0.4 is 4.74 Å². The van der Waals surface area contributed by atoms with Gasteiger partial charge < -0.3 is 14.7 Å². The zero-order chi connectivity index (χ0) is 20.1. The SMILES string of the molecule is CC(C)c1cc(C(=O)N2C[C@H]3COc4ccccc4C[C@@]3(C(=O)O)C2)n(C)n1. The molecule has 0 spiro atoms. The van der Waals surface area contributed by atoms with Crippen LogP contribution in [-0.4, -0.2) is 51.4 Å². The van der Waals surface area contributed by atoms with Crippen LogP contribution in [0.1, 0.15) is 41.5 Å². The summed E-state index contributed by atoms with van der Waals surface area (Å²) < 4.78 is 7.50. The molecule has 0 unspecified atom stereocenters. The molecule has 1 N–H and O–H groups in total. The van der Waals surface area contributed by atoms with Gasteiger partial charge in [-0.1, -0.05) is 32.0 Å². The Kier molecular flexibility index (Phi) is 4.40. The van der Waals surface area contributed by atoms with Gasteiger partial charge in [0.2, 0.25) is 0 Å². The summed E-state index contributed by atoms with van der Waals surface area (Å²) >= 11 is 0. The fourth-order valence-electron chi connectivity index (χ4n) is 4.31. The number of benzene rings is 1. The summed E-state index contributed by atoms with van der Waals surface area (Å²) in [6.45, 7) is 4.88. The summed E-state index contributed by atoms with van der Waals surface area (Å²) in [5.41, 5.74) is 1.18. The first-order valence-electron chi connectivity index (χ1n) is 9.59. The van der Waals surface area contributed by atoms with Crippen molar-refractivity contribution in [3.63, 3.8) is 0 Å². The maximum atomic E-state index is 13.2. The van der Waals surface area contributed by atoms with E-state index < -0.39 is 11.4 Å². The first kappa shape index (κ1) is 18.5. The maximum absolute atomic E-state index is 13.2. The van der Waals surface area contributed by atoms with Gasteiger partial charge in [-0.05, 0) is 30.0 Å². The summed E-state index contributed by atoms with van der Waals surface area (Å²) in [5, 5.41) is 14.6. The van der Waals surface area contributed by atoms with E-state index in [-0.39, 0.29) is 30.9 Å². The van der Waals surface area contributed by atoms with Crippen LogP contribution in [0, 0.1) is 11.3 Å². The lowest BCUT2D eigenvalue weighted by atomic mass is 9.74. The Morgan fingerprint density at radius 2 is 2.07 bits per heavy atom. The van der Waals surface area contributed by atoms with E-state index in [1.807, 2.05) is 38.1 Å². The molecule has 2 aliphatic heterocycles. The zero-order valence-corrected chi connectivity index (χ0v) is 16.4. The van der Waals surface area contributed by atoms with Gasteiger partial charge in [0, 0.05) is 26.1 Å². The molecule has 1 aromatic heterocycles. The van der Waals surface area contributed by atoms with Crippen molar-refractivity contribution >= 4 is 11.9 Å². The van der Waals surface area contributed by atoms with Gasteiger partial charge in [0.15, 0.2) is 0 Å². The van der Waals surface area contributed by atoms with E-state index in [0.717, 1.165) is 17.0 Å². The highest BCUT2D eigenvalue weighted by molar-refractivity contribution is 5.94. The predicted molar refractivity (Wildman–Crippen MR) is 102 cm³/mol. The lowest BCUT2D eigenvalue weighted by Gasteiger charge is -2.27. The van der Waals surface area contributed by atoms with Crippen LogP contribution in [0.3, 0.4) is 0 Å². The summed E-state index contributed by atoms with van der Waals surface area (Å²) in [4.78, 5) is 27.2. The van der Waals surface area contributed by atoms with Crippen LogP contribution in [0.25, 0.3) is 0 Å². The van der Waals surface area contributed by atoms with Gasteiger partial charge in [0.05, 0.1) is 17.7 Å². The monoisotopic (exact) mass is 383 g/mol. The van der Waals surface area contributed by atoms with Crippen molar-refractivity contribution in [1.82, 2.24) is 14.7 Å². The highest BCUT2D eigenvalue weighted by Crippen LogP contribution is 2.44. The number of rotatable bonds is 3. The van der Waals surface area contributed by atoms with Crippen molar-refractivity contribution in [3.8, 4) is 5.75 Å². The highest BCUT2D eigenvalue weighted by Gasteiger charge is 2.55. The summed E-state index contributed by atoms with van der Waals surface area (Å²) in [5.74, 6) is -0.361. The van der Waals surface area contributed by atoms with Crippen molar-refractivity contribution in [2.75, 3.05) is 19.7 Å². The van der Waals surface area contributed by atoms with E-state index in [2.05, 4.69) is 5.10 Å². The van der Waals surface area contributed by atoms with E-state index in [0.29, 0.717) is 18.7 Å². The topological polar surface area (TPSA) is 84.7 Å². The van der Waals surface area contributed by atoms with Gasteiger partial charge in [-0.2, -0.15) is 5.10 Å². The van der Waals surface area contributed by atoms with E-state index in [1.165, 1.54) is 0 Å². The first-order chi connectivity index (χ1) is 13.3. The van der Waals surface area contributed by atoms with Crippen molar-refractivity contribution in [2.45, 2.75) is 26.2 Å². The molecule has 2 aromatic rings. The number of aryl methyl sites for hydroxylation is 1. The number of amides is 1. The Balaban J connectivity index is 1.65. The molecule has 28 heavy (non-hydrogen) atoms. The van der Waals surface area contributed by atoms with Gasteiger partial charge in [-0.3, -0.25) is 14.3 Å². The number of carboxylic acids is 1. The lowest BCUT2D eigenvalue weighted by Crippen LogP contribution is -2.42. The molecule has 0 saturated carbocycles. The van der Waals surface area contributed by atoms with Gasteiger partial charge in [0.25, 0.3) is 5.91 Å². The molecule has 0 bridgehead atoms. The Hall–Kier alpha value is -2.83. The maximum Gasteiger partial charge on any atom is 0.312 e. The smallest absolute Gasteiger partial charge is 0.312 e. The second-order valence-electron chi connectivity index (χ2n) is 8.17. The van der Waals surface area contributed by atoms with E-state index in [4.69, 9.17) is 4.74 Å². The molecule has 148 valence electrons. The van der Waals surface area contributed by atoms with Crippen LogP contribution in [0.5, 0.6) is 5.75 Å². The third-order valence-electron chi connectivity index (χ3n) is 6.04. The Bertz CT molecular complexity index is 935. The van der Waals surface area contributed by atoms with Crippen LogP contribution >= 0.6 is 0 Å². The predicted octanol–water partition coefficient (Wildman–Crippen LogP) is 2.32. The van der Waals surface area contributed by atoms with Crippen molar-refractivity contribution in [2.24, 2.45) is 18.4 Å². The van der Waals surface area contributed by atoms with Crippen LogP contribution in [-0.2, 0) is 18.3 Å². The van der Waals surface area contributed by atoms with Crippen LogP contribution in [0.15, 0.2) is 30.3 Å². The molecule has 7 heteroatoms. The number of carbonyl (C=O) groups excluding carboxylic acids is 1. The molecule has 1 amide bonds. The minimum absolute atomic E-state index is 0.172. The van der Waals surface area contributed by atoms with Crippen molar-refractivity contribution < 1.29 is 19.4 Å². The number of hydrogen-bond donors (Lipinski definition) is 1. The Labute approximate surface area is 163 Å². The molecular formula is C21H25N3O4. The number of hydrogen-bond acceptors (Lipinski definition) is 4. The standard InChI is InChI=1S/C21H25N3O4/c1-13(2)16-8-17(23(3)22-16)19(25)24-10-15-11-28-18-7-5-4-6-14(18)9-21(15,12-24)20(26)27/h4-8,13,15H,9-12H2,1-3H3,(H,26,27)/t15-,21+/m0/s1. The number of aromatic nitrogens is 2. The fraction of sp³-hybridized carbons (Fsp3) is 0.476. The number of carbonyl (C=O) groups is 2. The molecule has 1 fully saturated rings. The minimum atomic E-state index is -1.04. The first-order valence-corrected chi connectivity index (χ1v) is 9.59. The molecular weight excluding hydrogens is 358 g/mol. The molecule has 1 saturated heterocycles. The number of likely N-dealkylation sites (tertiary alicyclic amines) is 1. The van der Waals surface area contributed by atoms with E-state index in [9.17, 15) is 14.7 Å². The van der Waals surface area contributed by atoms with Crippen LogP contribution in [0.2, 0.25) is 0 Å². The third kappa shape index (κ3) is 2.85.